The van der Waals surface area contributed by atoms with Crippen LogP contribution in [0.15, 0.2) is 23.6 Å². The highest BCUT2D eigenvalue weighted by Gasteiger charge is 2.13. The lowest BCUT2D eigenvalue weighted by atomic mass is 10.1. The van der Waals surface area contributed by atoms with Crippen LogP contribution in [0.2, 0.25) is 0 Å². The molecule has 2 amide bonds. The summed E-state index contributed by atoms with van der Waals surface area (Å²) in [7, 11) is 1.50. The van der Waals surface area contributed by atoms with Crippen molar-refractivity contribution in [3.05, 3.63) is 45.4 Å². The van der Waals surface area contributed by atoms with E-state index < -0.39 is 24.4 Å². The Morgan fingerprint density at radius 1 is 1.15 bits per heavy atom. The fourth-order valence-electron chi connectivity index (χ4n) is 2.00. The molecule has 26 heavy (non-hydrogen) atoms. The fourth-order valence-corrected chi connectivity index (χ4v) is 2.77. The lowest BCUT2D eigenvalue weighted by Crippen LogP contribution is -2.44. The minimum absolute atomic E-state index is 0.0573. The normalized spacial score (nSPS) is 10.1. The third kappa shape index (κ3) is 5.55. The Balaban J connectivity index is 1.75. The Bertz CT molecular complexity index is 818. The zero-order valence-corrected chi connectivity index (χ0v) is 15.4. The third-order valence-corrected chi connectivity index (χ3v) is 4.26. The Morgan fingerprint density at radius 2 is 1.88 bits per heavy atom. The molecule has 0 aliphatic carbocycles. The predicted molar refractivity (Wildman–Crippen MR) is 94.9 cm³/mol. The molecule has 9 heteroatoms. The number of aromatic nitrogens is 1. The van der Waals surface area contributed by atoms with Crippen molar-refractivity contribution in [2.24, 2.45) is 0 Å². The van der Waals surface area contributed by atoms with E-state index in [1.54, 1.807) is 12.1 Å². The average Bonchev–Trinajstić information content (AvgIpc) is 3.03. The first-order chi connectivity index (χ1) is 12.4. The van der Waals surface area contributed by atoms with Crippen LogP contribution in [0.1, 0.15) is 26.6 Å². The van der Waals surface area contributed by atoms with Crippen LogP contribution in [0.25, 0.3) is 0 Å². The average molecular weight is 377 g/mol. The standard InChI is InChI=1S/C17H19N3O5S/c1-10-4-5-12(6-13(10)24-3)17(23)25-8-15(22)20-19-14(21)7-16-18-11(2)9-26-16/h4-6,9H,7-8H2,1-3H3,(H,19,21)(H,20,22). The summed E-state index contributed by atoms with van der Waals surface area (Å²) in [6.07, 6.45) is 0.0573. The second-order valence-electron chi connectivity index (χ2n) is 5.42. The van der Waals surface area contributed by atoms with Crippen molar-refractivity contribution in [1.82, 2.24) is 15.8 Å². The molecule has 0 fully saturated rings. The Hall–Kier alpha value is -2.94. The highest BCUT2D eigenvalue weighted by atomic mass is 32.1. The maximum Gasteiger partial charge on any atom is 0.338 e. The van der Waals surface area contributed by atoms with Gasteiger partial charge in [-0.25, -0.2) is 9.78 Å². The molecule has 0 saturated heterocycles. The lowest BCUT2D eigenvalue weighted by Gasteiger charge is -2.09. The molecule has 1 aromatic carbocycles. The van der Waals surface area contributed by atoms with Gasteiger partial charge in [0.1, 0.15) is 10.8 Å². The van der Waals surface area contributed by atoms with E-state index in [1.165, 1.54) is 24.5 Å². The number of thiazole rings is 1. The van der Waals surface area contributed by atoms with Crippen LogP contribution in [0.5, 0.6) is 5.75 Å². The van der Waals surface area contributed by atoms with Crippen LogP contribution >= 0.6 is 11.3 Å². The number of ether oxygens (including phenoxy) is 2. The van der Waals surface area contributed by atoms with Crippen molar-refractivity contribution >= 4 is 29.1 Å². The molecule has 138 valence electrons. The van der Waals surface area contributed by atoms with Crippen molar-refractivity contribution in [3.8, 4) is 5.75 Å². The summed E-state index contributed by atoms with van der Waals surface area (Å²) in [6.45, 7) is 3.15. The summed E-state index contributed by atoms with van der Waals surface area (Å²) in [5, 5.41) is 2.48. The third-order valence-electron chi connectivity index (χ3n) is 3.30. The number of methoxy groups -OCH3 is 1. The van der Waals surface area contributed by atoms with Gasteiger partial charge in [0.25, 0.3) is 5.91 Å². The molecule has 2 rings (SSSR count). The van der Waals surface area contributed by atoms with Gasteiger partial charge < -0.3 is 9.47 Å². The Labute approximate surface area is 154 Å². The van der Waals surface area contributed by atoms with Gasteiger partial charge in [0.05, 0.1) is 19.1 Å². The van der Waals surface area contributed by atoms with Gasteiger partial charge >= 0.3 is 5.97 Å². The molecule has 0 aliphatic heterocycles. The zero-order chi connectivity index (χ0) is 19.1. The van der Waals surface area contributed by atoms with Gasteiger partial charge in [-0.3, -0.25) is 20.4 Å². The van der Waals surface area contributed by atoms with Gasteiger partial charge in [-0.15, -0.1) is 11.3 Å². The molecule has 1 heterocycles. The van der Waals surface area contributed by atoms with Crippen LogP contribution in [0.3, 0.4) is 0 Å². The maximum absolute atomic E-state index is 12.0. The van der Waals surface area contributed by atoms with E-state index >= 15 is 0 Å². The highest BCUT2D eigenvalue weighted by molar-refractivity contribution is 7.09. The SMILES string of the molecule is COc1cc(C(=O)OCC(=O)NNC(=O)Cc2nc(C)cs2)ccc1C. The molecule has 2 aromatic rings. The molecule has 0 aliphatic rings. The van der Waals surface area contributed by atoms with Crippen LogP contribution < -0.4 is 15.6 Å². The molecule has 0 bridgehead atoms. The minimum atomic E-state index is -0.664. The first-order valence-corrected chi connectivity index (χ1v) is 8.57. The fraction of sp³-hybridized carbons (Fsp3) is 0.294. The van der Waals surface area contributed by atoms with E-state index in [-0.39, 0.29) is 12.0 Å². The highest BCUT2D eigenvalue weighted by Crippen LogP contribution is 2.19. The molecule has 0 atom stereocenters. The Morgan fingerprint density at radius 3 is 2.54 bits per heavy atom. The number of aryl methyl sites for hydroxylation is 2. The van der Waals surface area contributed by atoms with Crippen molar-refractivity contribution in [3.63, 3.8) is 0 Å². The summed E-state index contributed by atoms with van der Waals surface area (Å²) >= 11 is 1.36. The number of amides is 2. The number of rotatable bonds is 6. The monoisotopic (exact) mass is 377 g/mol. The molecule has 0 radical (unpaired) electrons. The van der Waals surface area contributed by atoms with Gasteiger partial charge in [0.15, 0.2) is 6.61 Å². The minimum Gasteiger partial charge on any atom is -0.496 e. The molecular formula is C17H19N3O5S. The molecule has 1 aromatic heterocycles. The van der Waals surface area contributed by atoms with Gasteiger partial charge in [0, 0.05) is 11.1 Å². The number of nitrogens with one attached hydrogen (secondary N) is 2. The summed E-state index contributed by atoms with van der Waals surface area (Å²) in [5.74, 6) is -1.18. The smallest absolute Gasteiger partial charge is 0.338 e. The first-order valence-electron chi connectivity index (χ1n) is 7.69. The summed E-state index contributed by atoms with van der Waals surface area (Å²) in [6, 6.07) is 4.83. The van der Waals surface area contributed by atoms with Gasteiger partial charge in [-0.05, 0) is 31.5 Å². The number of hydrogen-bond acceptors (Lipinski definition) is 7. The van der Waals surface area contributed by atoms with E-state index in [0.717, 1.165) is 11.3 Å². The van der Waals surface area contributed by atoms with Crippen LogP contribution in [0, 0.1) is 13.8 Å². The molecule has 0 saturated carbocycles. The molecule has 0 unspecified atom stereocenters. The molecule has 2 N–H and O–H groups in total. The summed E-state index contributed by atoms with van der Waals surface area (Å²) in [4.78, 5) is 39.5. The van der Waals surface area contributed by atoms with E-state index in [4.69, 9.17) is 9.47 Å². The number of hydrazine groups is 1. The largest absolute Gasteiger partial charge is 0.496 e. The number of carbonyl (C=O) groups excluding carboxylic acids is 3. The number of hydrogen-bond donors (Lipinski definition) is 2. The predicted octanol–water partition coefficient (Wildman–Crippen LogP) is 1.32. The topological polar surface area (TPSA) is 107 Å². The van der Waals surface area contributed by atoms with Gasteiger partial charge in [0.2, 0.25) is 5.91 Å². The summed E-state index contributed by atoms with van der Waals surface area (Å²) in [5.41, 5.74) is 6.41. The zero-order valence-electron chi connectivity index (χ0n) is 14.6. The van der Waals surface area contributed by atoms with E-state index in [2.05, 4.69) is 15.8 Å². The number of benzene rings is 1. The maximum atomic E-state index is 12.0. The molecule has 0 spiro atoms. The summed E-state index contributed by atoms with van der Waals surface area (Å²) < 4.78 is 10.1. The van der Waals surface area contributed by atoms with Gasteiger partial charge in [-0.2, -0.15) is 0 Å². The lowest BCUT2D eigenvalue weighted by molar-refractivity contribution is -0.130. The van der Waals surface area contributed by atoms with Gasteiger partial charge in [-0.1, -0.05) is 6.07 Å². The van der Waals surface area contributed by atoms with E-state index in [1.807, 2.05) is 19.2 Å². The second-order valence-corrected chi connectivity index (χ2v) is 6.36. The van der Waals surface area contributed by atoms with E-state index in [9.17, 15) is 14.4 Å². The molecular weight excluding hydrogens is 358 g/mol. The molecule has 8 nitrogen and oxygen atoms in total. The number of esters is 1. The van der Waals surface area contributed by atoms with Crippen molar-refractivity contribution < 1.29 is 23.9 Å². The Kier molecular flexibility index (Phi) is 6.67. The van der Waals surface area contributed by atoms with Crippen molar-refractivity contribution in [1.29, 1.82) is 0 Å². The quantitative estimate of drug-likeness (QED) is 0.581. The van der Waals surface area contributed by atoms with Crippen LogP contribution in [-0.2, 0) is 20.7 Å². The number of nitrogens with zero attached hydrogens (tertiary/aromatic N) is 1. The first kappa shape index (κ1) is 19.4. The van der Waals surface area contributed by atoms with Crippen LogP contribution in [0.4, 0.5) is 0 Å². The second kappa shape index (κ2) is 8.95. The number of carbonyl (C=O) groups is 3. The van der Waals surface area contributed by atoms with E-state index in [0.29, 0.717) is 10.8 Å². The van der Waals surface area contributed by atoms with Crippen molar-refractivity contribution in [2.45, 2.75) is 20.3 Å². The van der Waals surface area contributed by atoms with Crippen molar-refractivity contribution in [2.75, 3.05) is 13.7 Å². The van der Waals surface area contributed by atoms with Crippen LogP contribution in [-0.4, -0.2) is 36.5 Å².